The van der Waals surface area contributed by atoms with E-state index in [1.165, 1.54) is 9.08 Å². The number of rotatable bonds is 5. The Balaban J connectivity index is 1.67. The van der Waals surface area contributed by atoms with Crippen molar-refractivity contribution in [2.75, 3.05) is 11.5 Å². The van der Waals surface area contributed by atoms with Crippen molar-refractivity contribution in [1.82, 2.24) is 19.5 Å². The molecular formula is C15H18N4O4S. The number of aromatic nitrogens is 3. The fourth-order valence-corrected chi connectivity index (χ4v) is 3.95. The minimum absolute atomic E-state index is 0.00591. The van der Waals surface area contributed by atoms with E-state index in [0.29, 0.717) is 30.0 Å². The van der Waals surface area contributed by atoms with E-state index in [1.54, 1.807) is 36.2 Å². The molecule has 128 valence electrons. The fraction of sp³-hybridized carbons (Fsp3) is 0.467. The number of carbonyl (C=O) groups excluding carboxylic acids is 1. The van der Waals surface area contributed by atoms with Crippen LogP contribution in [0.5, 0.6) is 0 Å². The zero-order valence-corrected chi connectivity index (χ0v) is 13.8. The SMILES string of the molecule is O=C(CCn1nc2ccccn2c1=O)NC1(C(=O)O)CCSCC1. The maximum atomic E-state index is 12.2. The van der Waals surface area contributed by atoms with Crippen molar-refractivity contribution in [3.8, 4) is 0 Å². The fourth-order valence-electron chi connectivity index (χ4n) is 2.76. The molecule has 0 aromatic carbocycles. The minimum atomic E-state index is -1.19. The minimum Gasteiger partial charge on any atom is -0.480 e. The van der Waals surface area contributed by atoms with Crippen LogP contribution in [0.15, 0.2) is 29.2 Å². The third-order valence-corrected chi connectivity index (χ3v) is 5.16. The maximum Gasteiger partial charge on any atom is 0.350 e. The number of hydrogen-bond acceptors (Lipinski definition) is 5. The molecule has 8 nitrogen and oxygen atoms in total. The van der Waals surface area contributed by atoms with Crippen LogP contribution in [0.1, 0.15) is 19.3 Å². The lowest BCUT2D eigenvalue weighted by atomic mass is 9.92. The largest absolute Gasteiger partial charge is 0.480 e. The summed E-state index contributed by atoms with van der Waals surface area (Å²) in [5.74, 6) is 0.0334. The molecule has 3 heterocycles. The van der Waals surface area contributed by atoms with Crippen molar-refractivity contribution in [3.05, 3.63) is 34.9 Å². The number of carboxylic acids is 1. The van der Waals surface area contributed by atoms with Crippen molar-refractivity contribution in [2.45, 2.75) is 31.3 Å². The summed E-state index contributed by atoms with van der Waals surface area (Å²) < 4.78 is 2.62. The normalized spacial score (nSPS) is 16.8. The molecule has 0 bridgehead atoms. The maximum absolute atomic E-state index is 12.2. The Morgan fingerprint density at radius 1 is 1.33 bits per heavy atom. The van der Waals surface area contributed by atoms with Gasteiger partial charge >= 0.3 is 11.7 Å². The highest BCUT2D eigenvalue weighted by atomic mass is 32.2. The highest BCUT2D eigenvalue weighted by Crippen LogP contribution is 2.27. The Hall–Kier alpha value is -2.29. The van der Waals surface area contributed by atoms with E-state index < -0.39 is 11.5 Å². The van der Waals surface area contributed by atoms with Gasteiger partial charge in [-0.1, -0.05) is 6.07 Å². The summed E-state index contributed by atoms with van der Waals surface area (Å²) in [6.45, 7) is 0.108. The van der Waals surface area contributed by atoms with Gasteiger partial charge in [-0.15, -0.1) is 5.10 Å². The number of fused-ring (bicyclic) bond motifs is 1. The number of thioether (sulfide) groups is 1. The summed E-state index contributed by atoms with van der Waals surface area (Å²) in [6, 6.07) is 5.21. The first-order valence-corrected chi connectivity index (χ1v) is 8.84. The summed E-state index contributed by atoms with van der Waals surface area (Å²) in [7, 11) is 0. The van der Waals surface area contributed by atoms with E-state index >= 15 is 0 Å². The Morgan fingerprint density at radius 2 is 2.08 bits per heavy atom. The number of aliphatic carboxylic acids is 1. The lowest BCUT2D eigenvalue weighted by molar-refractivity contribution is -0.148. The predicted octanol–water partition coefficient (Wildman–Crippen LogP) is 0.353. The first kappa shape index (κ1) is 16.6. The Morgan fingerprint density at radius 3 is 2.75 bits per heavy atom. The van der Waals surface area contributed by atoms with Crippen molar-refractivity contribution in [3.63, 3.8) is 0 Å². The van der Waals surface area contributed by atoms with E-state index in [2.05, 4.69) is 10.4 Å². The zero-order chi connectivity index (χ0) is 17.2. The van der Waals surface area contributed by atoms with Crippen LogP contribution in [-0.4, -0.2) is 48.2 Å². The average molecular weight is 350 g/mol. The molecule has 0 aliphatic carbocycles. The second kappa shape index (κ2) is 6.68. The van der Waals surface area contributed by atoms with E-state index in [-0.39, 0.29) is 24.6 Å². The Bertz CT molecular complexity index is 822. The molecule has 0 radical (unpaired) electrons. The van der Waals surface area contributed by atoms with Gasteiger partial charge in [-0.3, -0.25) is 9.20 Å². The second-order valence-electron chi connectivity index (χ2n) is 5.73. The number of hydrogen-bond donors (Lipinski definition) is 2. The van der Waals surface area contributed by atoms with Crippen molar-refractivity contribution >= 4 is 29.3 Å². The van der Waals surface area contributed by atoms with Crippen LogP contribution in [0.2, 0.25) is 0 Å². The van der Waals surface area contributed by atoms with Gasteiger partial charge in [0.15, 0.2) is 5.65 Å². The third-order valence-electron chi connectivity index (χ3n) is 4.17. The van der Waals surface area contributed by atoms with Crippen molar-refractivity contribution in [1.29, 1.82) is 0 Å². The third kappa shape index (κ3) is 3.16. The first-order valence-electron chi connectivity index (χ1n) is 7.68. The Labute approximate surface area is 141 Å². The lowest BCUT2D eigenvalue weighted by Crippen LogP contribution is -2.56. The smallest absolute Gasteiger partial charge is 0.350 e. The van der Waals surface area contributed by atoms with E-state index in [1.807, 2.05) is 0 Å². The molecule has 2 aromatic heterocycles. The summed E-state index contributed by atoms with van der Waals surface area (Å²) in [5, 5.41) is 16.3. The zero-order valence-electron chi connectivity index (χ0n) is 13.0. The van der Waals surface area contributed by atoms with Gasteiger partial charge < -0.3 is 10.4 Å². The van der Waals surface area contributed by atoms with Gasteiger partial charge in [0, 0.05) is 12.6 Å². The average Bonchev–Trinajstić information content (AvgIpc) is 2.90. The summed E-state index contributed by atoms with van der Waals surface area (Å²) in [6.07, 6.45) is 2.44. The summed E-state index contributed by atoms with van der Waals surface area (Å²) in [4.78, 5) is 35.9. The molecule has 2 N–H and O–H groups in total. The summed E-state index contributed by atoms with van der Waals surface area (Å²) in [5.41, 5.74) is -0.999. The number of carbonyl (C=O) groups is 2. The molecule has 1 aliphatic heterocycles. The molecule has 1 fully saturated rings. The molecule has 1 aliphatic rings. The lowest BCUT2D eigenvalue weighted by Gasteiger charge is -2.33. The number of nitrogens with one attached hydrogen (secondary N) is 1. The van der Waals surface area contributed by atoms with Gasteiger partial charge in [-0.25, -0.2) is 14.3 Å². The molecule has 1 amide bonds. The molecule has 24 heavy (non-hydrogen) atoms. The van der Waals surface area contributed by atoms with Gasteiger partial charge in [-0.05, 0) is 36.5 Å². The van der Waals surface area contributed by atoms with Gasteiger partial charge in [-0.2, -0.15) is 11.8 Å². The molecule has 0 atom stereocenters. The van der Waals surface area contributed by atoms with E-state index in [0.717, 1.165) is 0 Å². The van der Waals surface area contributed by atoms with Crippen LogP contribution >= 0.6 is 11.8 Å². The number of amides is 1. The van der Waals surface area contributed by atoms with Crippen LogP contribution < -0.4 is 11.0 Å². The van der Waals surface area contributed by atoms with Gasteiger partial charge in [0.2, 0.25) is 5.91 Å². The molecule has 2 aromatic rings. The highest BCUT2D eigenvalue weighted by Gasteiger charge is 2.41. The molecule has 1 saturated heterocycles. The number of carboxylic acid groups (broad SMARTS) is 1. The van der Waals surface area contributed by atoms with Crippen LogP contribution in [0.3, 0.4) is 0 Å². The van der Waals surface area contributed by atoms with Crippen LogP contribution in [0.4, 0.5) is 0 Å². The molecule has 3 rings (SSSR count). The van der Waals surface area contributed by atoms with Gasteiger partial charge in [0.05, 0.1) is 6.54 Å². The highest BCUT2D eigenvalue weighted by molar-refractivity contribution is 7.99. The first-order chi connectivity index (χ1) is 11.5. The van der Waals surface area contributed by atoms with Crippen molar-refractivity contribution in [2.24, 2.45) is 0 Å². The predicted molar refractivity (Wildman–Crippen MR) is 89.1 cm³/mol. The molecule has 0 unspecified atom stereocenters. The van der Waals surface area contributed by atoms with Crippen LogP contribution in [0.25, 0.3) is 5.65 Å². The topological polar surface area (TPSA) is 106 Å². The van der Waals surface area contributed by atoms with E-state index in [4.69, 9.17) is 0 Å². The summed E-state index contributed by atoms with van der Waals surface area (Å²) >= 11 is 1.68. The molecular weight excluding hydrogens is 332 g/mol. The van der Waals surface area contributed by atoms with E-state index in [9.17, 15) is 19.5 Å². The quantitative estimate of drug-likeness (QED) is 0.806. The van der Waals surface area contributed by atoms with Crippen LogP contribution in [-0.2, 0) is 16.1 Å². The van der Waals surface area contributed by atoms with Crippen LogP contribution in [0, 0.1) is 0 Å². The number of nitrogens with zero attached hydrogens (tertiary/aromatic N) is 3. The molecule has 0 saturated carbocycles. The molecule has 0 spiro atoms. The monoisotopic (exact) mass is 350 g/mol. The van der Waals surface area contributed by atoms with Gasteiger partial charge in [0.1, 0.15) is 5.54 Å². The number of aryl methyl sites for hydroxylation is 1. The van der Waals surface area contributed by atoms with Gasteiger partial charge in [0.25, 0.3) is 0 Å². The second-order valence-corrected chi connectivity index (χ2v) is 6.96. The standard InChI is InChI=1S/C15H18N4O4S/c20-12(16-15(13(21)22)5-9-24-10-6-15)4-8-19-14(23)18-7-2-1-3-11(18)17-19/h1-3,7H,4-6,8-10H2,(H,16,20)(H,21,22). The number of pyridine rings is 1. The van der Waals surface area contributed by atoms with Crippen molar-refractivity contribution < 1.29 is 14.7 Å². The molecule has 9 heteroatoms. The Kier molecular flexibility index (Phi) is 4.61.